The molecule has 25 nitrogen and oxygen atoms in total. The molecular formula is C79H65F11N16O9. The summed E-state index contributed by atoms with van der Waals surface area (Å²) in [6.07, 6.45) is -12.7. The number of hydrogen-bond donors (Lipinski definition) is 4. The maximum absolute atomic E-state index is 14.1. The van der Waals surface area contributed by atoms with Crippen molar-refractivity contribution in [1.29, 1.82) is 0 Å². The lowest BCUT2D eigenvalue weighted by molar-refractivity contribution is -0.275. The monoisotopic (exact) mass is 1590 g/mol. The Labute approximate surface area is 645 Å². The van der Waals surface area contributed by atoms with Gasteiger partial charge in [-0.3, -0.25) is 19.2 Å². The first-order valence-corrected chi connectivity index (χ1v) is 34.7. The van der Waals surface area contributed by atoms with Crippen LogP contribution in [0.25, 0.3) is 57.6 Å². The summed E-state index contributed by atoms with van der Waals surface area (Å²) in [6.45, 7) is 7.02. The number of alkyl halides is 9. The van der Waals surface area contributed by atoms with Crippen LogP contribution >= 0.6 is 0 Å². The van der Waals surface area contributed by atoms with Crippen molar-refractivity contribution in [2.75, 3.05) is 51.1 Å². The molecule has 0 spiro atoms. The van der Waals surface area contributed by atoms with Gasteiger partial charge >= 0.3 is 18.7 Å². The van der Waals surface area contributed by atoms with Gasteiger partial charge in [0.25, 0.3) is 23.6 Å². The van der Waals surface area contributed by atoms with Crippen LogP contribution in [-0.4, -0.2) is 118 Å². The summed E-state index contributed by atoms with van der Waals surface area (Å²) in [7, 11) is 6.14. The van der Waals surface area contributed by atoms with Gasteiger partial charge in [0.2, 0.25) is 23.8 Å². The van der Waals surface area contributed by atoms with Crippen LogP contribution in [0.1, 0.15) is 139 Å². The lowest BCUT2D eigenvalue weighted by Gasteiger charge is -2.22. The molecule has 115 heavy (non-hydrogen) atoms. The van der Waals surface area contributed by atoms with E-state index >= 15 is 0 Å². The zero-order valence-electron chi connectivity index (χ0n) is 61.7. The molecule has 592 valence electrons. The molecule has 0 aliphatic carbocycles. The van der Waals surface area contributed by atoms with Crippen LogP contribution in [0.5, 0.6) is 5.75 Å². The third-order valence-electron chi connectivity index (χ3n) is 19.1. The number of likely N-dealkylation sites (N-methyl/N-ethyl adjacent to an activating group) is 3. The van der Waals surface area contributed by atoms with Crippen molar-refractivity contribution in [3.63, 3.8) is 0 Å². The van der Waals surface area contributed by atoms with Crippen molar-refractivity contribution < 1.29 is 89.9 Å². The zero-order valence-corrected chi connectivity index (χ0v) is 61.7. The highest BCUT2D eigenvalue weighted by Crippen LogP contribution is 2.46. The quantitative estimate of drug-likeness (QED) is 0.0825. The van der Waals surface area contributed by atoms with Gasteiger partial charge in [-0.2, -0.15) is 26.3 Å². The van der Waals surface area contributed by atoms with E-state index in [0.29, 0.717) is 86.7 Å². The summed E-state index contributed by atoms with van der Waals surface area (Å²) in [5.74, 6) is 0.521. The zero-order chi connectivity index (χ0) is 82.8. The maximum atomic E-state index is 14.1. The minimum Gasteiger partial charge on any atom is -0.460 e. The fraction of sp³-hybridized carbons (Fsp3) is 0.215. The number of carbonyl (C=O) groups excluding carboxylic acids is 4. The summed E-state index contributed by atoms with van der Waals surface area (Å²) >= 11 is 0. The molecule has 4 aliphatic heterocycles. The van der Waals surface area contributed by atoms with Crippen molar-refractivity contribution in [1.82, 2.24) is 59.5 Å². The van der Waals surface area contributed by atoms with E-state index in [1.165, 1.54) is 66.4 Å². The molecule has 8 N–H and O–H groups in total. The van der Waals surface area contributed by atoms with Gasteiger partial charge in [0, 0.05) is 41.0 Å². The number of rotatable bonds is 12. The summed E-state index contributed by atoms with van der Waals surface area (Å²) in [6, 6.07) is 31.7. The molecule has 4 amide bonds. The number of anilines is 4. The highest BCUT2D eigenvalue weighted by Gasteiger charge is 2.46. The first-order chi connectivity index (χ1) is 54.3. The first kappa shape index (κ1) is 79.3. The van der Waals surface area contributed by atoms with E-state index in [9.17, 15) is 67.5 Å². The van der Waals surface area contributed by atoms with Gasteiger partial charge in [-0.1, -0.05) is 60.7 Å². The largest absolute Gasteiger partial charge is 0.573 e. The van der Waals surface area contributed by atoms with Crippen molar-refractivity contribution in [3.05, 3.63) is 253 Å². The number of aryl methyl sites for hydroxylation is 4. The predicted molar refractivity (Wildman–Crippen MR) is 393 cm³/mol. The van der Waals surface area contributed by atoms with Crippen molar-refractivity contribution in [2.45, 2.75) is 83.8 Å². The normalized spacial score (nSPS) is 16.0. The minimum atomic E-state index is -4.83. The Bertz CT molecular complexity index is 5870. The lowest BCUT2D eigenvalue weighted by atomic mass is 9.97. The van der Waals surface area contributed by atoms with E-state index in [0.717, 1.165) is 29.2 Å². The number of para-hydroxylation sites is 1. The molecule has 3 unspecified atom stereocenters. The van der Waals surface area contributed by atoms with Crippen LogP contribution in [0.15, 0.2) is 157 Å². The summed E-state index contributed by atoms with van der Waals surface area (Å²) < 4.78 is 173. The number of amides is 4. The Morgan fingerprint density at radius 3 is 1.17 bits per heavy atom. The Morgan fingerprint density at radius 2 is 0.765 bits per heavy atom. The molecule has 8 aromatic heterocycles. The Kier molecular flexibility index (Phi) is 21.2. The predicted octanol–water partition coefficient (Wildman–Crippen LogP) is 15.4. The fourth-order valence-corrected chi connectivity index (χ4v) is 13.7. The van der Waals surface area contributed by atoms with Crippen LogP contribution < -0.4 is 27.7 Å². The Hall–Kier alpha value is -13.8. The number of ether oxygens (including phenoxy) is 1. The third kappa shape index (κ3) is 16.1. The molecular weight excluding hydrogens is 1530 g/mol. The van der Waals surface area contributed by atoms with Gasteiger partial charge in [0.1, 0.15) is 68.9 Å². The number of nitrogens with zero attached hydrogens (tertiary/aromatic N) is 12. The number of fused-ring (bicyclic) bond motifs is 4. The van der Waals surface area contributed by atoms with Gasteiger partial charge in [0.05, 0.1) is 74.3 Å². The van der Waals surface area contributed by atoms with Crippen molar-refractivity contribution >= 4 is 59.2 Å². The van der Waals surface area contributed by atoms with Crippen LogP contribution in [0.4, 0.5) is 72.1 Å². The van der Waals surface area contributed by atoms with Gasteiger partial charge in [-0.05, 0) is 141 Å². The van der Waals surface area contributed by atoms with Gasteiger partial charge in [-0.25, -0.2) is 48.7 Å². The SMILES string of the molecule is Cc1ccc(-c2nc(N)nc3c2C(=O)N(C)/C3=C\c2ccc(F)cc2C(F)(F)F)o1.Cc1ccc(-c2nc(N)nc3c2C(=O)N(C)C3Cc2ccccc2C(F)(F)F)o1.Cc1ccc(-c2nc(N)nc3c2C(=O)N(C)C3Cc2ccccc2F)o1.Cc1ccc(-c2nc(N)nc3c2C(=O)N(C)C3Cc2ccccc2OC(F)(F)F)o1. The average Bonchev–Trinajstić information content (AvgIpc) is 1.22. The lowest BCUT2D eigenvalue weighted by Crippen LogP contribution is -2.25. The van der Waals surface area contributed by atoms with Crippen molar-refractivity contribution in [2.24, 2.45) is 0 Å². The Balaban J connectivity index is 0.000000134. The van der Waals surface area contributed by atoms with Crippen LogP contribution in [-0.2, 0) is 31.6 Å². The first-order valence-electron chi connectivity index (χ1n) is 34.7. The van der Waals surface area contributed by atoms with Crippen LogP contribution in [0, 0.1) is 39.3 Å². The van der Waals surface area contributed by atoms with Gasteiger partial charge < -0.3 is 64.9 Å². The Morgan fingerprint density at radius 1 is 0.409 bits per heavy atom. The highest BCUT2D eigenvalue weighted by atomic mass is 19.4. The smallest absolute Gasteiger partial charge is 0.460 e. The molecule has 4 aromatic carbocycles. The number of carbonyl (C=O) groups is 4. The molecule has 0 saturated heterocycles. The summed E-state index contributed by atoms with van der Waals surface area (Å²) in [4.78, 5) is 90.6. The standard InChI is InChI=1S/C20H14F4N4O2.C20H17F3N4O3.C20H17F3N4O2.C19H17FN4O2/c1-9-3-6-14(30-9)17-15-16(26-19(25)27-17)13(28(2)18(15)29)7-10-4-5-11(21)8-12(10)20(22,23)24;1-10-7-8-14(29-10)17-15-16(25-19(24)26-17)12(27(2)18(15)28)9-11-5-3-4-6-13(11)30-20(21,22)23;1-10-7-8-14(29-10)17-15-16(25-19(24)26-17)13(27(2)18(15)28)9-11-5-3-4-6-12(11)20(21,22)23;1-10-7-8-14(26-10)17-15-16(22-19(21)23-17)13(24(2)18(15)25)9-11-5-3-4-6-12(11)20/h3-8H,1-2H3,(H2,25,26,27);3-8,12H,9H2,1-2H3,(H2,24,25,26);3-8,13H,9H2,1-2H3,(H2,24,25,26);3-8,13H,9H2,1-2H3,(H2,21,22,23)/b13-7-;;;. The highest BCUT2D eigenvalue weighted by molar-refractivity contribution is 6.14. The van der Waals surface area contributed by atoms with Gasteiger partial charge in [0.15, 0.2) is 23.0 Å². The fourth-order valence-electron chi connectivity index (χ4n) is 13.7. The number of furan rings is 4. The molecule has 0 fully saturated rings. The average molecular weight is 1590 g/mol. The molecule has 12 aromatic rings. The second kappa shape index (κ2) is 30.7. The number of halogens is 11. The summed E-state index contributed by atoms with van der Waals surface area (Å²) in [5.41, 5.74) is 25.1. The number of benzene rings is 4. The van der Waals surface area contributed by atoms with E-state index < -0.39 is 65.6 Å². The molecule has 12 heterocycles. The molecule has 3 atom stereocenters. The summed E-state index contributed by atoms with van der Waals surface area (Å²) in [5, 5.41) is 0. The number of nitrogens with two attached hydrogens (primary N) is 4. The number of hydrogen-bond acceptors (Lipinski definition) is 21. The molecule has 4 aliphatic rings. The van der Waals surface area contributed by atoms with Crippen molar-refractivity contribution in [3.8, 4) is 51.6 Å². The van der Waals surface area contributed by atoms with Gasteiger partial charge in [-0.15, -0.1) is 13.2 Å². The molecule has 0 radical (unpaired) electrons. The minimum absolute atomic E-state index is 0.0502. The van der Waals surface area contributed by atoms with Crippen LogP contribution in [0.3, 0.4) is 0 Å². The molecule has 0 saturated carbocycles. The van der Waals surface area contributed by atoms with E-state index in [1.807, 2.05) is 6.92 Å². The maximum Gasteiger partial charge on any atom is 0.573 e. The number of aromatic nitrogens is 8. The van der Waals surface area contributed by atoms with E-state index in [4.69, 9.17) is 40.6 Å². The van der Waals surface area contributed by atoms with E-state index in [2.05, 4.69) is 44.6 Å². The molecule has 16 rings (SSSR count). The second-order valence-corrected chi connectivity index (χ2v) is 26.8. The van der Waals surface area contributed by atoms with E-state index in [1.54, 1.807) is 113 Å². The molecule has 0 bridgehead atoms. The number of nitrogen functional groups attached to an aromatic ring is 4. The van der Waals surface area contributed by atoms with E-state index in [-0.39, 0.29) is 128 Å². The third-order valence-corrected chi connectivity index (χ3v) is 19.1. The topological polar surface area (TPSA) is 350 Å². The van der Waals surface area contributed by atoms with Crippen LogP contribution in [0.2, 0.25) is 0 Å². The molecule has 36 heteroatoms. The second-order valence-electron chi connectivity index (χ2n) is 26.8.